The van der Waals surface area contributed by atoms with Crippen LogP contribution in [0.25, 0.3) is 0 Å². The molecule has 1 aromatic carbocycles. The Bertz CT molecular complexity index is 599. The van der Waals surface area contributed by atoms with E-state index in [0.717, 1.165) is 36.5 Å². The SMILES string of the molecule is Cc1ccc(C(C)C)c(OCC(=O)N2CCN(CCC#N)CC2)c1. The van der Waals surface area contributed by atoms with Crippen LogP contribution in [0.2, 0.25) is 0 Å². The van der Waals surface area contributed by atoms with Crippen LogP contribution in [0.3, 0.4) is 0 Å². The molecule has 0 bridgehead atoms. The molecule has 0 aromatic heterocycles. The van der Waals surface area contributed by atoms with E-state index in [2.05, 4.69) is 36.9 Å². The van der Waals surface area contributed by atoms with Crippen molar-refractivity contribution in [1.29, 1.82) is 5.26 Å². The smallest absolute Gasteiger partial charge is 0.260 e. The first-order chi connectivity index (χ1) is 11.5. The molecule has 5 heteroatoms. The summed E-state index contributed by atoms with van der Waals surface area (Å²) >= 11 is 0. The number of hydrogen-bond donors (Lipinski definition) is 0. The van der Waals surface area contributed by atoms with Gasteiger partial charge in [0.15, 0.2) is 6.61 Å². The van der Waals surface area contributed by atoms with Crippen molar-refractivity contribution in [3.05, 3.63) is 29.3 Å². The van der Waals surface area contributed by atoms with Gasteiger partial charge in [0.1, 0.15) is 5.75 Å². The lowest BCUT2D eigenvalue weighted by Crippen LogP contribution is -2.50. The molecule has 24 heavy (non-hydrogen) atoms. The largest absolute Gasteiger partial charge is 0.483 e. The number of rotatable bonds is 6. The highest BCUT2D eigenvalue weighted by atomic mass is 16.5. The summed E-state index contributed by atoms with van der Waals surface area (Å²) in [4.78, 5) is 16.5. The summed E-state index contributed by atoms with van der Waals surface area (Å²) in [6.45, 7) is 10.2. The average molecular weight is 329 g/mol. The number of carbonyl (C=O) groups is 1. The Hall–Kier alpha value is -2.06. The van der Waals surface area contributed by atoms with E-state index in [4.69, 9.17) is 10.00 Å². The molecule has 1 aliphatic heterocycles. The Morgan fingerprint density at radius 1 is 1.29 bits per heavy atom. The van der Waals surface area contributed by atoms with E-state index in [9.17, 15) is 4.79 Å². The van der Waals surface area contributed by atoms with Gasteiger partial charge in [0.05, 0.1) is 6.07 Å². The van der Waals surface area contributed by atoms with Gasteiger partial charge in [0, 0.05) is 39.1 Å². The van der Waals surface area contributed by atoms with Gasteiger partial charge in [-0.2, -0.15) is 5.26 Å². The number of nitriles is 1. The first-order valence-corrected chi connectivity index (χ1v) is 8.61. The fourth-order valence-electron chi connectivity index (χ4n) is 2.90. The van der Waals surface area contributed by atoms with Crippen LogP contribution in [0.1, 0.15) is 37.3 Å². The number of hydrogen-bond acceptors (Lipinski definition) is 4. The van der Waals surface area contributed by atoms with Gasteiger partial charge in [0.25, 0.3) is 5.91 Å². The van der Waals surface area contributed by atoms with Gasteiger partial charge in [-0.3, -0.25) is 9.69 Å². The first kappa shape index (κ1) is 18.3. The number of amides is 1. The van der Waals surface area contributed by atoms with Crippen LogP contribution in [0.5, 0.6) is 5.75 Å². The Morgan fingerprint density at radius 2 is 2.00 bits per heavy atom. The standard InChI is InChI=1S/C19H27N3O2/c1-15(2)17-6-5-16(3)13-18(17)24-14-19(23)22-11-9-21(10-12-22)8-4-7-20/h5-6,13,15H,4,8-12,14H2,1-3H3. The average Bonchev–Trinajstić information content (AvgIpc) is 2.58. The molecule has 0 saturated carbocycles. The van der Waals surface area contributed by atoms with Gasteiger partial charge in [-0.25, -0.2) is 0 Å². The van der Waals surface area contributed by atoms with E-state index in [0.29, 0.717) is 25.4 Å². The number of aryl methyl sites for hydroxylation is 1. The maximum absolute atomic E-state index is 12.4. The molecule has 0 aliphatic carbocycles. The molecule has 1 amide bonds. The summed E-state index contributed by atoms with van der Waals surface area (Å²) in [5, 5.41) is 8.64. The third kappa shape index (κ3) is 4.97. The van der Waals surface area contributed by atoms with Gasteiger partial charge in [-0.15, -0.1) is 0 Å². The quantitative estimate of drug-likeness (QED) is 0.805. The normalized spacial score (nSPS) is 15.4. The lowest BCUT2D eigenvalue weighted by molar-refractivity contribution is -0.135. The third-order valence-corrected chi connectivity index (χ3v) is 4.41. The first-order valence-electron chi connectivity index (χ1n) is 8.61. The lowest BCUT2D eigenvalue weighted by Gasteiger charge is -2.34. The minimum Gasteiger partial charge on any atom is -0.483 e. The van der Waals surface area contributed by atoms with Crippen LogP contribution in [0.15, 0.2) is 18.2 Å². The zero-order chi connectivity index (χ0) is 17.5. The molecule has 130 valence electrons. The van der Waals surface area contributed by atoms with Crippen molar-refractivity contribution in [2.45, 2.75) is 33.1 Å². The topological polar surface area (TPSA) is 56.6 Å². The van der Waals surface area contributed by atoms with Crippen molar-refractivity contribution in [2.24, 2.45) is 0 Å². The van der Waals surface area contributed by atoms with Crippen LogP contribution in [0.4, 0.5) is 0 Å². The van der Waals surface area contributed by atoms with E-state index in [1.165, 1.54) is 0 Å². The van der Waals surface area contributed by atoms with E-state index in [1.54, 1.807) is 0 Å². The minimum absolute atomic E-state index is 0.0335. The maximum Gasteiger partial charge on any atom is 0.260 e. The monoisotopic (exact) mass is 329 g/mol. The molecule has 0 radical (unpaired) electrons. The number of ether oxygens (including phenoxy) is 1. The predicted molar refractivity (Wildman–Crippen MR) is 94.0 cm³/mol. The van der Waals surface area contributed by atoms with Crippen LogP contribution < -0.4 is 4.74 Å². The van der Waals surface area contributed by atoms with Crippen LogP contribution in [-0.4, -0.2) is 55.0 Å². The van der Waals surface area contributed by atoms with Crippen molar-refractivity contribution >= 4 is 5.91 Å². The summed E-state index contributed by atoms with van der Waals surface area (Å²) in [7, 11) is 0. The molecule has 1 aromatic rings. The summed E-state index contributed by atoms with van der Waals surface area (Å²) in [6, 6.07) is 8.32. The fraction of sp³-hybridized carbons (Fsp3) is 0.579. The summed E-state index contributed by atoms with van der Waals surface area (Å²) in [5.74, 6) is 1.21. The van der Waals surface area contributed by atoms with Gasteiger partial charge >= 0.3 is 0 Å². The summed E-state index contributed by atoms with van der Waals surface area (Å²) < 4.78 is 5.84. The highest BCUT2D eigenvalue weighted by Crippen LogP contribution is 2.27. The third-order valence-electron chi connectivity index (χ3n) is 4.41. The number of benzene rings is 1. The van der Waals surface area contributed by atoms with Gasteiger partial charge < -0.3 is 9.64 Å². The zero-order valence-corrected chi connectivity index (χ0v) is 14.9. The van der Waals surface area contributed by atoms with Crippen LogP contribution >= 0.6 is 0 Å². The fourth-order valence-corrected chi connectivity index (χ4v) is 2.90. The molecular weight excluding hydrogens is 302 g/mol. The summed E-state index contributed by atoms with van der Waals surface area (Å²) in [6.07, 6.45) is 0.544. The maximum atomic E-state index is 12.4. The van der Waals surface area contributed by atoms with Crippen molar-refractivity contribution in [3.63, 3.8) is 0 Å². The van der Waals surface area contributed by atoms with Crippen LogP contribution in [0, 0.1) is 18.3 Å². The molecule has 0 N–H and O–H groups in total. The highest BCUT2D eigenvalue weighted by molar-refractivity contribution is 5.78. The second kappa shape index (κ2) is 8.70. The molecule has 1 heterocycles. The predicted octanol–water partition coefficient (Wildman–Crippen LogP) is 2.56. The highest BCUT2D eigenvalue weighted by Gasteiger charge is 2.21. The van der Waals surface area contributed by atoms with Crippen LogP contribution in [-0.2, 0) is 4.79 Å². The molecule has 1 aliphatic rings. The van der Waals surface area contributed by atoms with E-state index < -0.39 is 0 Å². The van der Waals surface area contributed by atoms with Crippen molar-refractivity contribution in [1.82, 2.24) is 9.80 Å². The van der Waals surface area contributed by atoms with E-state index in [1.807, 2.05) is 17.9 Å². The van der Waals surface area contributed by atoms with E-state index in [-0.39, 0.29) is 12.5 Å². The van der Waals surface area contributed by atoms with E-state index >= 15 is 0 Å². The molecular formula is C19H27N3O2. The molecule has 5 nitrogen and oxygen atoms in total. The number of carbonyl (C=O) groups excluding carboxylic acids is 1. The number of nitrogens with zero attached hydrogens (tertiary/aromatic N) is 3. The Balaban J connectivity index is 1.86. The molecule has 2 rings (SSSR count). The molecule has 0 atom stereocenters. The zero-order valence-electron chi connectivity index (χ0n) is 14.9. The minimum atomic E-state index is 0.0335. The second-order valence-corrected chi connectivity index (χ2v) is 6.62. The molecule has 1 saturated heterocycles. The molecule has 0 unspecified atom stereocenters. The Labute approximate surface area is 144 Å². The van der Waals surface area contributed by atoms with Gasteiger partial charge in [-0.05, 0) is 30.0 Å². The number of piperazine rings is 1. The Kier molecular flexibility index (Phi) is 6.62. The molecule has 0 spiro atoms. The van der Waals surface area contributed by atoms with Gasteiger partial charge in [-0.1, -0.05) is 26.0 Å². The second-order valence-electron chi connectivity index (χ2n) is 6.62. The van der Waals surface area contributed by atoms with Crippen molar-refractivity contribution < 1.29 is 9.53 Å². The van der Waals surface area contributed by atoms with Gasteiger partial charge in [0.2, 0.25) is 0 Å². The molecule has 1 fully saturated rings. The Morgan fingerprint density at radius 3 is 2.62 bits per heavy atom. The summed E-state index contributed by atoms with van der Waals surface area (Å²) in [5.41, 5.74) is 2.27. The van der Waals surface area contributed by atoms with Crippen molar-refractivity contribution in [2.75, 3.05) is 39.3 Å². The van der Waals surface area contributed by atoms with Crippen molar-refractivity contribution in [3.8, 4) is 11.8 Å². The lowest BCUT2D eigenvalue weighted by atomic mass is 10.0.